The molecule has 0 aliphatic heterocycles. The summed E-state index contributed by atoms with van der Waals surface area (Å²) < 4.78 is 7.85. The van der Waals surface area contributed by atoms with E-state index in [-0.39, 0.29) is 17.9 Å². The minimum absolute atomic E-state index is 0.0476. The molecule has 0 aliphatic carbocycles. The lowest BCUT2D eigenvalue weighted by atomic mass is 10.2. The van der Waals surface area contributed by atoms with Crippen molar-refractivity contribution in [1.82, 2.24) is 24.1 Å². The van der Waals surface area contributed by atoms with E-state index in [1.54, 1.807) is 31.3 Å². The average molecular weight is 366 g/mol. The zero-order chi connectivity index (χ0) is 19.1. The van der Waals surface area contributed by atoms with Gasteiger partial charge in [-0.3, -0.25) is 19.5 Å². The topological polar surface area (TPSA) is 117 Å². The van der Waals surface area contributed by atoms with E-state index in [2.05, 4.69) is 15.1 Å². The maximum absolute atomic E-state index is 12.9. The van der Waals surface area contributed by atoms with Crippen molar-refractivity contribution in [3.63, 3.8) is 0 Å². The zero-order valence-corrected chi connectivity index (χ0v) is 14.5. The molecule has 0 fully saturated rings. The number of aryl methyl sites for hydroxylation is 1. The lowest BCUT2D eigenvalue weighted by Crippen LogP contribution is -2.19. The lowest BCUT2D eigenvalue weighted by molar-refractivity contribution is -0.385. The van der Waals surface area contributed by atoms with Gasteiger partial charge in [0.1, 0.15) is 6.61 Å². The van der Waals surface area contributed by atoms with Crippen LogP contribution in [-0.4, -0.2) is 36.2 Å². The second-order valence-electron chi connectivity index (χ2n) is 5.95. The normalized spacial score (nSPS) is 11.3. The number of aromatic nitrogens is 5. The van der Waals surface area contributed by atoms with Gasteiger partial charge in [-0.15, -0.1) is 5.10 Å². The predicted octanol–water partition coefficient (Wildman–Crippen LogP) is 1.79. The number of hydrogen-bond donors (Lipinski definition) is 0. The number of methoxy groups -OCH3 is 1. The molecule has 0 saturated carbocycles. The summed E-state index contributed by atoms with van der Waals surface area (Å²) >= 11 is 0. The van der Waals surface area contributed by atoms with Crippen molar-refractivity contribution in [2.24, 2.45) is 0 Å². The monoisotopic (exact) mass is 366 g/mol. The highest BCUT2D eigenvalue weighted by molar-refractivity contribution is 5.79. The van der Waals surface area contributed by atoms with Crippen LogP contribution in [0.15, 0.2) is 41.5 Å². The van der Waals surface area contributed by atoms with Gasteiger partial charge in [0.15, 0.2) is 5.82 Å². The molecule has 4 aromatic rings. The maximum atomic E-state index is 12.9. The van der Waals surface area contributed by atoms with Gasteiger partial charge in [0.25, 0.3) is 17.0 Å². The number of hydrogen-bond acceptors (Lipinski definition) is 7. The predicted molar refractivity (Wildman–Crippen MR) is 96.0 cm³/mol. The van der Waals surface area contributed by atoms with Crippen LogP contribution in [0, 0.1) is 17.0 Å². The van der Waals surface area contributed by atoms with Gasteiger partial charge in [-0.25, -0.2) is 4.98 Å². The summed E-state index contributed by atoms with van der Waals surface area (Å²) in [6.07, 6.45) is 2.98. The van der Waals surface area contributed by atoms with Crippen molar-refractivity contribution >= 4 is 22.4 Å². The molecule has 27 heavy (non-hydrogen) atoms. The number of pyridine rings is 1. The number of nitrogens with zero attached hydrogens (tertiary/aromatic N) is 6. The molecule has 0 bridgehead atoms. The average Bonchev–Trinajstić information content (AvgIpc) is 3.06. The molecule has 0 unspecified atom stereocenters. The maximum Gasteiger partial charge on any atom is 0.274 e. The van der Waals surface area contributed by atoms with Gasteiger partial charge < -0.3 is 4.74 Å². The molecule has 0 radical (unpaired) electrons. The van der Waals surface area contributed by atoms with E-state index in [4.69, 9.17) is 4.74 Å². The van der Waals surface area contributed by atoms with Gasteiger partial charge >= 0.3 is 0 Å². The molecule has 0 aliphatic rings. The van der Waals surface area contributed by atoms with Crippen LogP contribution < -0.4 is 5.56 Å². The summed E-state index contributed by atoms with van der Waals surface area (Å²) in [6, 6.07) is 6.34. The van der Waals surface area contributed by atoms with Crippen LogP contribution in [0.3, 0.4) is 0 Å². The second kappa shape index (κ2) is 6.25. The van der Waals surface area contributed by atoms with Crippen LogP contribution in [0.1, 0.15) is 11.4 Å². The Balaban J connectivity index is 1.93. The van der Waals surface area contributed by atoms with Crippen molar-refractivity contribution in [2.45, 2.75) is 13.5 Å². The molecule has 3 heterocycles. The molecule has 4 rings (SSSR count). The van der Waals surface area contributed by atoms with Crippen LogP contribution in [0.2, 0.25) is 0 Å². The first-order valence-electron chi connectivity index (χ1n) is 8.00. The Kier molecular flexibility index (Phi) is 3.89. The molecular formula is C17H14N6O4. The Morgan fingerprint density at radius 2 is 2.11 bits per heavy atom. The Labute approximate surface area is 151 Å². The minimum Gasteiger partial charge on any atom is -0.377 e. The molecule has 3 aromatic heterocycles. The first-order chi connectivity index (χ1) is 13.0. The van der Waals surface area contributed by atoms with Crippen molar-refractivity contribution in [1.29, 1.82) is 0 Å². The van der Waals surface area contributed by atoms with Crippen LogP contribution in [0.4, 0.5) is 5.69 Å². The molecule has 0 saturated heterocycles. The molecule has 1 aromatic carbocycles. The van der Waals surface area contributed by atoms with Gasteiger partial charge in [-0.2, -0.15) is 9.50 Å². The van der Waals surface area contributed by atoms with Crippen LogP contribution in [0.25, 0.3) is 22.4 Å². The Hall–Kier alpha value is -3.66. The van der Waals surface area contributed by atoms with E-state index in [0.717, 1.165) is 0 Å². The number of nitro benzene ring substituents is 1. The number of fused-ring (bicyclic) bond motifs is 3. The highest BCUT2D eigenvalue weighted by Gasteiger charge is 2.15. The molecule has 0 amide bonds. The second-order valence-corrected chi connectivity index (χ2v) is 5.95. The third-order valence-electron chi connectivity index (χ3n) is 4.22. The third-order valence-corrected chi connectivity index (χ3v) is 4.22. The molecule has 0 spiro atoms. The quantitative estimate of drug-likeness (QED) is 0.399. The van der Waals surface area contributed by atoms with Crippen LogP contribution >= 0.6 is 0 Å². The standard InChI is InChI=1S/C17H14N6O4/c1-10-3-4-11(7-14(10)23(25)26)21-6-5-13-12(16(21)24)8-18-17-19-15(9-27-2)20-22(13)17/h3-8H,9H2,1-2H3. The fraction of sp³-hybridized carbons (Fsp3) is 0.176. The number of rotatable bonds is 4. The van der Waals surface area contributed by atoms with Gasteiger partial charge in [0.05, 0.1) is 21.5 Å². The van der Waals surface area contributed by atoms with E-state index < -0.39 is 4.92 Å². The van der Waals surface area contributed by atoms with E-state index in [9.17, 15) is 14.9 Å². The highest BCUT2D eigenvalue weighted by atomic mass is 16.6. The molecule has 0 N–H and O–H groups in total. The van der Waals surface area contributed by atoms with Crippen molar-refractivity contribution < 1.29 is 9.66 Å². The SMILES string of the molecule is COCc1nc2ncc3c(=O)n(-c4ccc(C)c([N+](=O)[O-])c4)ccc3n2n1. The first kappa shape index (κ1) is 16.8. The summed E-state index contributed by atoms with van der Waals surface area (Å²) in [6.45, 7) is 1.88. The van der Waals surface area contributed by atoms with Gasteiger partial charge in [-0.1, -0.05) is 6.07 Å². The summed E-state index contributed by atoms with van der Waals surface area (Å²) in [5.41, 5.74) is 1.06. The first-order valence-corrected chi connectivity index (χ1v) is 8.00. The smallest absolute Gasteiger partial charge is 0.274 e. The Morgan fingerprint density at radius 1 is 1.30 bits per heavy atom. The molecule has 10 heteroatoms. The summed E-state index contributed by atoms with van der Waals surface area (Å²) in [7, 11) is 1.54. The van der Waals surface area contributed by atoms with Crippen molar-refractivity contribution in [3.8, 4) is 5.69 Å². The zero-order valence-electron chi connectivity index (χ0n) is 14.5. The minimum atomic E-state index is -0.469. The lowest BCUT2D eigenvalue weighted by Gasteiger charge is -2.08. The highest BCUT2D eigenvalue weighted by Crippen LogP contribution is 2.21. The summed E-state index contributed by atoms with van der Waals surface area (Å²) in [4.78, 5) is 32.1. The van der Waals surface area contributed by atoms with E-state index in [0.29, 0.717) is 33.8 Å². The Morgan fingerprint density at radius 3 is 2.85 bits per heavy atom. The van der Waals surface area contributed by atoms with Crippen molar-refractivity contribution in [2.75, 3.05) is 7.11 Å². The van der Waals surface area contributed by atoms with Crippen molar-refractivity contribution in [3.05, 3.63) is 68.5 Å². The van der Waals surface area contributed by atoms with Gasteiger partial charge in [0, 0.05) is 31.1 Å². The van der Waals surface area contributed by atoms with E-state index in [1.165, 1.54) is 28.5 Å². The number of benzene rings is 1. The van der Waals surface area contributed by atoms with Crippen LogP contribution in [-0.2, 0) is 11.3 Å². The number of ether oxygens (including phenoxy) is 1. The van der Waals surface area contributed by atoms with Gasteiger partial charge in [0.2, 0.25) is 0 Å². The van der Waals surface area contributed by atoms with Gasteiger partial charge in [-0.05, 0) is 19.1 Å². The molecule has 0 atom stereocenters. The van der Waals surface area contributed by atoms with E-state index in [1.807, 2.05) is 0 Å². The molecule has 136 valence electrons. The van der Waals surface area contributed by atoms with Crippen LogP contribution in [0.5, 0.6) is 0 Å². The largest absolute Gasteiger partial charge is 0.377 e. The summed E-state index contributed by atoms with van der Waals surface area (Å²) in [5.74, 6) is 0.813. The molecule has 10 nitrogen and oxygen atoms in total. The fourth-order valence-corrected chi connectivity index (χ4v) is 2.90. The summed E-state index contributed by atoms with van der Waals surface area (Å²) in [5, 5.41) is 15.8. The molecular weight excluding hydrogens is 352 g/mol. The number of nitro groups is 1. The van der Waals surface area contributed by atoms with E-state index >= 15 is 0 Å². The Bertz CT molecular complexity index is 1260. The third kappa shape index (κ3) is 2.72. The fourth-order valence-electron chi connectivity index (χ4n) is 2.90.